The van der Waals surface area contributed by atoms with Crippen LogP contribution in [-0.4, -0.2) is 81.6 Å². The van der Waals surface area contributed by atoms with Crippen LogP contribution in [0, 0.1) is 0 Å². The Morgan fingerprint density at radius 2 is 1.94 bits per heavy atom. The first-order valence-corrected chi connectivity index (χ1v) is 5.95. The molecule has 2 rings (SSSR count). The second-order valence-corrected chi connectivity index (χ2v) is 5.02. The van der Waals surface area contributed by atoms with Gasteiger partial charge in [-0.25, -0.2) is 0 Å². The van der Waals surface area contributed by atoms with E-state index in [-0.39, 0.29) is 5.91 Å². The van der Waals surface area contributed by atoms with Gasteiger partial charge in [-0.2, -0.15) is 0 Å². The Morgan fingerprint density at radius 1 is 1.29 bits per heavy atom. The number of piperidine rings is 1. The molecule has 0 bridgehead atoms. The Balaban J connectivity index is 2.15. The molecule has 2 heterocycles. The summed E-state index contributed by atoms with van der Waals surface area (Å²) in [5.74, 6) is -0.139. The van der Waals surface area contributed by atoms with Crippen LogP contribution < -0.4 is 0 Å². The number of fused-ring (bicyclic) bond motifs is 1. The van der Waals surface area contributed by atoms with Crippen molar-refractivity contribution in [1.29, 1.82) is 0 Å². The van der Waals surface area contributed by atoms with Crippen molar-refractivity contribution in [3.63, 3.8) is 0 Å². The molecule has 2 aliphatic heterocycles. The summed E-state index contributed by atoms with van der Waals surface area (Å²) in [5, 5.41) is 29.8. The lowest BCUT2D eigenvalue weighted by atomic mass is 9.90. The van der Waals surface area contributed by atoms with Crippen LogP contribution in [0.2, 0.25) is 0 Å². The monoisotopic (exact) mass is 244 g/mol. The third-order valence-corrected chi connectivity index (χ3v) is 4.04. The first kappa shape index (κ1) is 12.8. The fourth-order valence-corrected chi connectivity index (χ4v) is 2.88. The van der Waals surface area contributed by atoms with Crippen LogP contribution in [0.15, 0.2) is 0 Å². The number of aliphatic hydroxyl groups is 3. The van der Waals surface area contributed by atoms with Gasteiger partial charge in [-0.15, -0.1) is 0 Å². The molecule has 5 unspecified atom stereocenters. The van der Waals surface area contributed by atoms with Crippen LogP contribution in [0.3, 0.4) is 0 Å². The second kappa shape index (κ2) is 4.53. The highest BCUT2D eigenvalue weighted by Gasteiger charge is 2.49. The molecule has 1 amide bonds. The summed E-state index contributed by atoms with van der Waals surface area (Å²) >= 11 is 0. The van der Waals surface area contributed by atoms with Crippen molar-refractivity contribution in [2.75, 3.05) is 20.1 Å². The van der Waals surface area contributed by atoms with Crippen molar-refractivity contribution in [2.45, 2.75) is 43.7 Å². The molecule has 0 aliphatic carbocycles. The van der Waals surface area contributed by atoms with E-state index in [4.69, 9.17) is 0 Å². The van der Waals surface area contributed by atoms with Gasteiger partial charge in [0.1, 0.15) is 6.10 Å². The van der Waals surface area contributed by atoms with Gasteiger partial charge in [-0.1, -0.05) is 0 Å². The molecule has 6 heteroatoms. The molecule has 3 N–H and O–H groups in total. The lowest BCUT2D eigenvalue weighted by Crippen LogP contribution is -2.65. The van der Waals surface area contributed by atoms with E-state index in [0.717, 1.165) is 0 Å². The summed E-state index contributed by atoms with van der Waals surface area (Å²) in [5.41, 5.74) is 0. The number of hydrogen-bond donors (Lipinski definition) is 3. The second-order valence-electron chi connectivity index (χ2n) is 5.02. The van der Waals surface area contributed by atoms with E-state index >= 15 is 0 Å². The van der Waals surface area contributed by atoms with Gasteiger partial charge >= 0.3 is 0 Å². The number of aliphatic hydroxyl groups excluding tert-OH is 3. The van der Waals surface area contributed by atoms with Gasteiger partial charge in [0.15, 0.2) is 0 Å². The molecule has 0 aromatic heterocycles. The van der Waals surface area contributed by atoms with Crippen molar-refractivity contribution in [3.05, 3.63) is 0 Å². The number of carbonyl (C=O) groups is 1. The minimum atomic E-state index is -1.01. The zero-order valence-electron chi connectivity index (χ0n) is 10.2. The fraction of sp³-hybridized carbons (Fsp3) is 0.909. The van der Waals surface area contributed by atoms with E-state index in [1.807, 2.05) is 4.90 Å². The summed E-state index contributed by atoms with van der Waals surface area (Å²) in [6.07, 6.45) is -2.00. The molecular weight excluding hydrogens is 224 g/mol. The molecule has 98 valence electrons. The molecule has 0 radical (unpaired) electrons. The van der Waals surface area contributed by atoms with Crippen molar-refractivity contribution in [3.8, 4) is 0 Å². The number of amides is 1. The Hall–Kier alpha value is -0.690. The number of nitrogens with zero attached hydrogens (tertiary/aromatic N) is 2. The van der Waals surface area contributed by atoms with E-state index in [1.165, 1.54) is 11.8 Å². The minimum absolute atomic E-state index is 0.139. The quantitative estimate of drug-likeness (QED) is 0.497. The van der Waals surface area contributed by atoms with Crippen LogP contribution in [0.5, 0.6) is 0 Å². The zero-order chi connectivity index (χ0) is 12.7. The lowest BCUT2D eigenvalue weighted by molar-refractivity contribution is -0.147. The van der Waals surface area contributed by atoms with Gasteiger partial charge in [0.05, 0.1) is 24.3 Å². The maximum absolute atomic E-state index is 11.3. The number of rotatable bonds is 1. The standard InChI is InChI=1S/C11H20N2O4/c1-6(14)12(2)7-5-13-4-3-8(15)9(13)11(17)10(7)16/h7-11,15-17H,3-5H2,1-2H3. The molecule has 17 heavy (non-hydrogen) atoms. The van der Waals surface area contributed by atoms with E-state index in [1.54, 1.807) is 7.05 Å². The van der Waals surface area contributed by atoms with Crippen molar-refractivity contribution < 1.29 is 20.1 Å². The van der Waals surface area contributed by atoms with E-state index in [2.05, 4.69) is 0 Å². The summed E-state index contributed by atoms with van der Waals surface area (Å²) in [7, 11) is 1.62. The highest BCUT2D eigenvalue weighted by atomic mass is 16.3. The van der Waals surface area contributed by atoms with Crippen LogP contribution >= 0.6 is 0 Å². The minimum Gasteiger partial charge on any atom is -0.391 e. The zero-order valence-corrected chi connectivity index (χ0v) is 10.2. The molecule has 0 aromatic carbocycles. The van der Waals surface area contributed by atoms with Crippen LogP contribution in [0.25, 0.3) is 0 Å². The van der Waals surface area contributed by atoms with Gasteiger partial charge in [0, 0.05) is 27.1 Å². The first-order valence-electron chi connectivity index (χ1n) is 5.95. The van der Waals surface area contributed by atoms with Gasteiger partial charge in [0.2, 0.25) is 5.91 Å². The molecule has 5 atom stereocenters. The van der Waals surface area contributed by atoms with Crippen LogP contribution in [-0.2, 0) is 4.79 Å². The molecule has 2 aliphatic rings. The number of hydrogen-bond acceptors (Lipinski definition) is 5. The molecule has 2 saturated heterocycles. The topological polar surface area (TPSA) is 84.2 Å². The van der Waals surface area contributed by atoms with Crippen LogP contribution in [0.4, 0.5) is 0 Å². The van der Waals surface area contributed by atoms with Gasteiger partial charge in [-0.05, 0) is 6.42 Å². The third-order valence-electron chi connectivity index (χ3n) is 4.04. The Labute approximate surface area is 100 Å². The molecule has 6 nitrogen and oxygen atoms in total. The van der Waals surface area contributed by atoms with Gasteiger partial charge in [-0.3, -0.25) is 9.69 Å². The number of carbonyl (C=O) groups excluding carboxylic acids is 1. The largest absolute Gasteiger partial charge is 0.391 e. The van der Waals surface area contributed by atoms with Gasteiger partial charge in [0.25, 0.3) is 0 Å². The highest BCUT2D eigenvalue weighted by Crippen LogP contribution is 2.29. The molecular formula is C11H20N2O4. The molecule has 2 fully saturated rings. The smallest absolute Gasteiger partial charge is 0.219 e. The van der Waals surface area contributed by atoms with E-state index in [0.29, 0.717) is 19.5 Å². The Morgan fingerprint density at radius 3 is 2.53 bits per heavy atom. The average Bonchev–Trinajstić information content (AvgIpc) is 2.64. The molecule has 0 spiro atoms. The molecule has 0 aromatic rings. The third kappa shape index (κ3) is 2.06. The average molecular weight is 244 g/mol. The van der Waals surface area contributed by atoms with Crippen LogP contribution in [0.1, 0.15) is 13.3 Å². The predicted octanol–water partition coefficient (Wildman–Crippen LogP) is -2.00. The maximum atomic E-state index is 11.3. The summed E-state index contributed by atoms with van der Waals surface area (Å²) in [6, 6.07) is -0.814. The fourth-order valence-electron chi connectivity index (χ4n) is 2.88. The maximum Gasteiger partial charge on any atom is 0.219 e. The van der Waals surface area contributed by atoms with E-state index in [9.17, 15) is 20.1 Å². The normalized spacial score (nSPS) is 42.3. The lowest BCUT2D eigenvalue weighted by Gasteiger charge is -2.45. The summed E-state index contributed by atoms with van der Waals surface area (Å²) < 4.78 is 0. The predicted molar refractivity (Wildman–Crippen MR) is 60.2 cm³/mol. The SMILES string of the molecule is CC(=O)N(C)C1CN2CCC(O)C2C(O)C1O. The first-order chi connectivity index (χ1) is 7.93. The Bertz CT molecular complexity index is 312. The summed E-state index contributed by atoms with van der Waals surface area (Å²) in [4.78, 5) is 14.7. The summed E-state index contributed by atoms with van der Waals surface area (Å²) in [6.45, 7) is 2.62. The molecule has 0 saturated carbocycles. The van der Waals surface area contributed by atoms with Crippen molar-refractivity contribution in [2.24, 2.45) is 0 Å². The van der Waals surface area contributed by atoms with Crippen molar-refractivity contribution in [1.82, 2.24) is 9.80 Å². The van der Waals surface area contributed by atoms with E-state index < -0.39 is 30.4 Å². The Kier molecular flexibility index (Phi) is 3.40. The number of likely N-dealkylation sites (N-methyl/N-ethyl adjacent to an activating group) is 1. The van der Waals surface area contributed by atoms with Crippen molar-refractivity contribution >= 4 is 5.91 Å². The van der Waals surface area contributed by atoms with Gasteiger partial charge < -0.3 is 20.2 Å². The highest BCUT2D eigenvalue weighted by molar-refractivity contribution is 5.73.